The number of fused-ring (bicyclic) bond motifs is 16. The summed E-state index contributed by atoms with van der Waals surface area (Å²) in [5, 5.41) is 4.38. The van der Waals surface area contributed by atoms with E-state index in [1.807, 2.05) is 54.6 Å². The van der Waals surface area contributed by atoms with Crippen molar-refractivity contribution in [3.8, 4) is 39.3 Å². The van der Waals surface area contributed by atoms with E-state index in [2.05, 4.69) is 108 Å². The molecule has 12 rings (SSSR count). The number of rotatable bonds is 2. The molecule has 0 saturated heterocycles. The molecule has 0 unspecified atom stereocenters. The molecular formula is C46H27N3O2S. The van der Waals surface area contributed by atoms with Crippen LogP contribution in [0.5, 0.6) is 0 Å². The lowest BCUT2D eigenvalue weighted by atomic mass is 10.0. The molecule has 0 N–H and O–H groups in total. The van der Waals surface area contributed by atoms with Crippen molar-refractivity contribution in [3.63, 3.8) is 0 Å². The van der Waals surface area contributed by atoms with E-state index >= 15 is 4.21 Å². The molecule has 0 aliphatic carbocycles. The smallest absolute Gasteiger partial charge is 0.141 e. The molecule has 0 bridgehead atoms. The zero-order valence-corrected chi connectivity index (χ0v) is 28.5. The third kappa shape index (κ3) is 3.23. The lowest BCUT2D eigenvalue weighted by Gasteiger charge is -2.38. The van der Waals surface area contributed by atoms with E-state index < -0.39 is 9.07 Å². The van der Waals surface area contributed by atoms with Crippen LogP contribution in [0.2, 0.25) is 0 Å². The third-order valence-corrected chi connectivity index (χ3v) is 16.0. The lowest BCUT2D eigenvalue weighted by molar-refractivity contribution is 0.658. The van der Waals surface area contributed by atoms with Crippen molar-refractivity contribution in [1.29, 1.82) is 0 Å². The normalized spacial score (nSPS) is 15.4. The van der Waals surface area contributed by atoms with Crippen molar-refractivity contribution in [2.75, 3.05) is 0 Å². The number of benzene rings is 7. The molecule has 0 atom stereocenters. The molecule has 6 heteroatoms. The third-order valence-electron chi connectivity index (χ3n) is 11.2. The number of hydrogen-bond donors (Lipinski definition) is 0. The Morgan fingerprint density at radius 3 is 1.83 bits per heavy atom. The predicted molar refractivity (Wildman–Crippen MR) is 208 cm³/mol. The van der Waals surface area contributed by atoms with Crippen LogP contribution in [0.25, 0.3) is 83.1 Å². The maximum absolute atomic E-state index is 16.7. The minimum Gasteiger partial charge on any atom is -0.456 e. The SMILES string of the molecule is O=S12(c3ccccc3-c3ccccc31)c1ccccc1-c1cc(-c3cc(-n4c5ccccc5c5cc6oc7ccccc7c6cc54)ncn3)ccc12. The fourth-order valence-corrected chi connectivity index (χ4v) is 14.2. The molecule has 0 amide bonds. The van der Waals surface area contributed by atoms with Gasteiger partial charge in [-0.1, -0.05) is 97.1 Å². The second-order valence-corrected chi connectivity index (χ2v) is 17.4. The summed E-state index contributed by atoms with van der Waals surface area (Å²) in [6.07, 6.45) is 1.64. The van der Waals surface area contributed by atoms with Gasteiger partial charge in [0.25, 0.3) is 0 Å². The number of furan rings is 1. The first-order valence-corrected chi connectivity index (χ1v) is 19.3. The maximum Gasteiger partial charge on any atom is 0.141 e. The minimum absolute atomic E-state index is 0.770. The highest BCUT2D eigenvalue weighted by Gasteiger charge is 2.57. The lowest BCUT2D eigenvalue weighted by Crippen LogP contribution is -2.29. The predicted octanol–water partition coefficient (Wildman–Crippen LogP) is 11.5. The summed E-state index contributed by atoms with van der Waals surface area (Å²) >= 11 is 0. The van der Waals surface area contributed by atoms with E-state index in [1.165, 1.54) is 0 Å². The van der Waals surface area contributed by atoms with Crippen LogP contribution in [0.3, 0.4) is 0 Å². The molecule has 2 aliphatic heterocycles. The first-order chi connectivity index (χ1) is 25.6. The van der Waals surface area contributed by atoms with E-state index in [-0.39, 0.29) is 0 Å². The Morgan fingerprint density at radius 2 is 1.08 bits per heavy atom. The van der Waals surface area contributed by atoms with Crippen molar-refractivity contribution < 1.29 is 8.63 Å². The van der Waals surface area contributed by atoms with Crippen molar-refractivity contribution >= 4 is 52.8 Å². The Morgan fingerprint density at radius 1 is 0.462 bits per heavy atom. The molecule has 0 radical (unpaired) electrons. The minimum atomic E-state index is -3.89. The average Bonchev–Trinajstić information content (AvgIpc) is 3.88. The molecular weight excluding hydrogens is 659 g/mol. The summed E-state index contributed by atoms with van der Waals surface area (Å²) in [5.41, 5.74) is 9.61. The van der Waals surface area contributed by atoms with Crippen LogP contribution in [0.15, 0.2) is 188 Å². The first-order valence-electron chi connectivity index (χ1n) is 17.4. The summed E-state index contributed by atoms with van der Waals surface area (Å²) in [7, 11) is -3.89. The van der Waals surface area contributed by atoms with Crippen molar-refractivity contribution in [2.45, 2.75) is 19.6 Å². The zero-order chi connectivity index (χ0) is 34.2. The Balaban J connectivity index is 1.09. The molecule has 10 aromatic rings. The van der Waals surface area contributed by atoms with Gasteiger partial charge in [0.2, 0.25) is 0 Å². The molecule has 244 valence electrons. The van der Waals surface area contributed by atoms with Gasteiger partial charge in [-0.25, -0.2) is 9.97 Å². The molecule has 52 heavy (non-hydrogen) atoms. The largest absolute Gasteiger partial charge is 0.456 e. The molecule has 5 heterocycles. The van der Waals surface area contributed by atoms with Gasteiger partial charge in [0, 0.05) is 61.8 Å². The van der Waals surface area contributed by atoms with E-state index in [0.717, 1.165) is 103 Å². The Kier molecular flexibility index (Phi) is 5.17. The van der Waals surface area contributed by atoms with Gasteiger partial charge in [0.1, 0.15) is 23.3 Å². The zero-order valence-electron chi connectivity index (χ0n) is 27.7. The topological polar surface area (TPSA) is 60.9 Å². The highest BCUT2D eigenvalue weighted by atomic mass is 32.3. The fraction of sp³-hybridized carbons (Fsp3) is 0. The van der Waals surface area contributed by atoms with Crippen molar-refractivity contribution in [2.24, 2.45) is 0 Å². The number of aromatic nitrogens is 3. The molecule has 2 aliphatic rings. The van der Waals surface area contributed by atoms with Crippen LogP contribution >= 0.6 is 0 Å². The van der Waals surface area contributed by atoms with Crippen LogP contribution in [0, 0.1) is 0 Å². The Hall–Kier alpha value is -6.63. The molecule has 5 nitrogen and oxygen atoms in total. The van der Waals surface area contributed by atoms with E-state index in [4.69, 9.17) is 14.4 Å². The Bertz CT molecular complexity index is 3230. The van der Waals surface area contributed by atoms with Crippen LogP contribution in [-0.4, -0.2) is 18.7 Å². The van der Waals surface area contributed by atoms with E-state index in [1.54, 1.807) is 6.33 Å². The number of para-hydroxylation sites is 2. The standard InChI is InChI=1S/C46H27N3O2S/c50-52(42-18-8-3-13-31(42)32-14-4-9-19-43(32)52)44-20-10-5-15-33(44)36-23-28(21-22-45(36)52)37-26-46(48-27-47-37)49-38-16-6-1-11-29(38)34-25-41-35(24-39(34)49)30-12-2-7-17-40(30)51-41/h1-27H. The first kappa shape index (κ1) is 28.1. The molecule has 3 aromatic heterocycles. The van der Waals surface area contributed by atoms with Gasteiger partial charge in [-0.05, 0) is 76.9 Å². The van der Waals surface area contributed by atoms with Gasteiger partial charge in [-0.3, -0.25) is 8.78 Å². The van der Waals surface area contributed by atoms with Crippen LogP contribution in [0.4, 0.5) is 0 Å². The second kappa shape index (κ2) is 9.57. The molecule has 1 spiro atoms. The highest BCUT2D eigenvalue weighted by Crippen LogP contribution is 2.70. The second-order valence-electron chi connectivity index (χ2n) is 13.7. The van der Waals surface area contributed by atoms with Gasteiger partial charge < -0.3 is 4.42 Å². The number of nitrogens with zero attached hydrogens (tertiary/aromatic N) is 3. The van der Waals surface area contributed by atoms with Crippen LogP contribution in [-0.2, 0) is 9.07 Å². The van der Waals surface area contributed by atoms with Gasteiger partial charge in [0.15, 0.2) is 0 Å². The van der Waals surface area contributed by atoms with Crippen LogP contribution in [0.1, 0.15) is 0 Å². The summed E-state index contributed by atoms with van der Waals surface area (Å²) in [6.45, 7) is 0. The van der Waals surface area contributed by atoms with E-state index in [0.29, 0.717) is 0 Å². The van der Waals surface area contributed by atoms with Gasteiger partial charge in [-0.15, -0.1) is 0 Å². The highest BCUT2D eigenvalue weighted by molar-refractivity contribution is 8.21. The molecule has 0 saturated carbocycles. The summed E-state index contributed by atoms with van der Waals surface area (Å²) in [5.74, 6) is 0.770. The monoisotopic (exact) mass is 685 g/mol. The summed E-state index contributed by atoms with van der Waals surface area (Å²) < 4.78 is 25.2. The summed E-state index contributed by atoms with van der Waals surface area (Å²) in [4.78, 5) is 13.2. The van der Waals surface area contributed by atoms with Gasteiger partial charge in [-0.2, -0.15) is 0 Å². The number of hydrogen-bond acceptors (Lipinski definition) is 4. The van der Waals surface area contributed by atoms with Crippen molar-refractivity contribution in [3.05, 3.63) is 164 Å². The molecule has 7 aromatic carbocycles. The van der Waals surface area contributed by atoms with Gasteiger partial charge >= 0.3 is 0 Å². The Labute approximate surface area is 297 Å². The van der Waals surface area contributed by atoms with Crippen LogP contribution < -0.4 is 0 Å². The van der Waals surface area contributed by atoms with Crippen molar-refractivity contribution in [1.82, 2.24) is 14.5 Å². The molecule has 0 fully saturated rings. The maximum atomic E-state index is 16.7. The van der Waals surface area contributed by atoms with Gasteiger partial charge in [0.05, 0.1) is 16.7 Å². The fourth-order valence-electron chi connectivity index (χ4n) is 9.10. The van der Waals surface area contributed by atoms with E-state index in [9.17, 15) is 0 Å². The quantitative estimate of drug-likeness (QED) is 0.182. The average molecular weight is 686 g/mol. The summed E-state index contributed by atoms with van der Waals surface area (Å²) in [6, 6.07) is 54.0.